The number of aliphatic carboxylic acids is 1. The predicted molar refractivity (Wildman–Crippen MR) is 108 cm³/mol. The number of carboxylic acids is 1. The average Bonchev–Trinajstić information content (AvgIpc) is 3.15. The van der Waals surface area contributed by atoms with Crippen LogP contribution in [0, 0.1) is 0 Å². The van der Waals surface area contributed by atoms with Crippen molar-refractivity contribution < 1.29 is 14.7 Å². The molecule has 1 unspecified atom stereocenters. The summed E-state index contributed by atoms with van der Waals surface area (Å²) in [6.45, 7) is 3.63. The molecule has 29 heavy (non-hydrogen) atoms. The van der Waals surface area contributed by atoms with Gasteiger partial charge in [0.05, 0.1) is 36.9 Å². The third-order valence-corrected chi connectivity index (χ3v) is 5.88. The van der Waals surface area contributed by atoms with Gasteiger partial charge in [0.15, 0.2) is 0 Å². The molecule has 1 aromatic carbocycles. The molecule has 7 heteroatoms. The van der Waals surface area contributed by atoms with Gasteiger partial charge in [0, 0.05) is 19.5 Å². The molecule has 154 valence electrons. The van der Waals surface area contributed by atoms with Crippen LogP contribution in [0.15, 0.2) is 36.4 Å². The summed E-state index contributed by atoms with van der Waals surface area (Å²) in [6.07, 6.45) is 3.64. The molecule has 1 atom stereocenters. The van der Waals surface area contributed by atoms with Crippen LogP contribution in [-0.2, 0) is 35.6 Å². The number of carbonyl (C=O) groups excluding carboxylic acids is 1. The Bertz CT molecular complexity index is 864. The van der Waals surface area contributed by atoms with Crippen LogP contribution in [-0.4, -0.2) is 55.7 Å². The molecule has 1 N–H and O–H groups in total. The molecule has 1 aromatic heterocycles. The Balaban J connectivity index is 1.42. The maximum absolute atomic E-state index is 13.4. The lowest BCUT2D eigenvalue weighted by molar-refractivity contribution is -0.140. The second-order valence-electron chi connectivity index (χ2n) is 7.97. The molecule has 2 aromatic rings. The van der Waals surface area contributed by atoms with E-state index in [2.05, 4.69) is 22.1 Å². The van der Waals surface area contributed by atoms with Gasteiger partial charge in [0.1, 0.15) is 0 Å². The monoisotopic (exact) mass is 396 g/mol. The number of piperidine rings is 1. The Kier molecular flexibility index (Phi) is 5.94. The number of nitrogens with zero attached hydrogens (tertiary/aromatic N) is 4. The number of hydrogen-bond acceptors (Lipinski definition) is 4. The molecule has 1 amide bonds. The van der Waals surface area contributed by atoms with Crippen LogP contribution >= 0.6 is 0 Å². The predicted octanol–water partition coefficient (Wildman–Crippen LogP) is 2.30. The number of amides is 1. The van der Waals surface area contributed by atoms with Crippen LogP contribution in [0.1, 0.15) is 42.6 Å². The standard InChI is InChI=1S/C22H28N4O3/c27-21(28)10-9-18-14-19-16-25(12-13-26(19)23-18)22(29)20-8-4-5-11-24(20)15-17-6-2-1-3-7-17/h1-3,6-7,14,20H,4-5,8-13,15-16H2,(H,27,28). The molecule has 0 aliphatic carbocycles. The van der Waals surface area contributed by atoms with Crippen molar-refractivity contribution in [3.8, 4) is 0 Å². The van der Waals surface area contributed by atoms with Crippen molar-refractivity contribution >= 4 is 11.9 Å². The lowest BCUT2D eigenvalue weighted by Crippen LogP contribution is -2.52. The summed E-state index contributed by atoms with van der Waals surface area (Å²) in [7, 11) is 0. The number of carbonyl (C=O) groups is 2. The minimum absolute atomic E-state index is 0.0649. The highest BCUT2D eigenvalue weighted by Crippen LogP contribution is 2.24. The summed E-state index contributed by atoms with van der Waals surface area (Å²) in [5.41, 5.74) is 3.03. The van der Waals surface area contributed by atoms with Gasteiger partial charge in [-0.15, -0.1) is 0 Å². The van der Waals surface area contributed by atoms with Crippen molar-refractivity contribution in [3.05, 3.63) is 53.3 Å². The van der Waals surface area contributed by atoms with Gasteiger partial charge in [-0.25, -0.2) is 0 Å². The van der Waals surface area contributed by atoms with Gasteiger partial charge in [0.2, 0.25) is 5.91 Å². The topological polar surface area (TPSA) is 78.7 Å². The highest BCUT2D eigenvalue weighted by Gasteiger charge is 2.33. The SMILES string of the molecule is O=C(O)CCc1cc2n(n1)CCN(C(=O)C1CCCCN1Cc1ccccc1)C2. The van der Waals surface area contributed by atoms with E-state index in [4.69, 9.17) is 5.11 Å². The van der Waals surface area contributed by atoms with Crippen LogP contribution in [0.25, 0.3) is 0 Å². The molecule has 0 bridgehead atoms. The summed E-state index contributed by atoms with van der Waals surface area (Å²) in [5.74, 6) is -0.608. The zero-order valence-electron chi connectivity index (χ0n) is 16.7. The van der Waals surface area contributed by atoms with E-state index in [1.54, 1.807) is 0 Å². The molecule has 4 rings (SSSR count). The lowest BCUT2D eigenvalue weighted by atomic mass is 9.99. The van der Waals surface area contributed by atoms with E-state index in [0.29, 0.717) is 26.1 Å². The first-order chi connectivity index (χ1) is 14.1. The fourth-order valence-corrected chi connectivity index (χ4v) is 4.36. The fraction of sp³-hybridized carbons (Fsp3) is 0.500. The third-order valence-electron chi connectivity index (χ3n) is 5.88. The number of fused-ring (bicyclic) bond motifs is 1. The van der Waals surface area contributed by atoms with Gasteiger partial charge in [-0.1, -0.05) is 36.8 Å². The molecular weight excluding hydrogens is 368 g/mol. The Hall–Kier alpha value is -2.67. The minimum Gasteiger partial charge on any atom is -0.481 e. The molecule has 0 spiro atoms. The Labute approximate surface area is 170 Å². The second kappa shape index (κ2) is 8.78. The largest absolute Gasteiger partial charge is 0.481 e. The van der Waals surface area contributed by atoms with E-state index in [9.17, 15) is 9.59 Å². The van der Waals surface area contributed by atoms with Gasteiger partial charge >= 0.3 is 5.97 Å². The van der Waals surface area contributed by atoms with E-state index < -0.39 is 5.97 Å². The van der Waals surface area contributed by atoms with E-state index in [-0.39, 0.29) is 18.4 Å². The Morgan fingerprint density at radius 1 is 1.10 bits per heavy atom. The normalized spacial score (nSPS) is 19.7. The van der Waals surface area contributed by atoms with E-state index in [0.717, 1.165) is 43.7 Å². The number of aromatic nitrogens is 2. The van der Waals surface area contributed by atoms with Crippen LogP contribution in [0.5, 0.6) is 0 Å². The first kappa shape index (κ1) is 19.6. The van der Waals surface area contributed by atoms with E-state index in [1.807, 2.05) is 33.8 Å². The molecule has 0 saturated carbocycles. The van der Waals surface area contributed by atoms with E-state index >= 15 is 0 Å². The van der Waals surface area contributed by atoms with Crippen molar-refractivity contribution in [2.75, 3.05) is 13.1 Å². The summed E-state index contributed by atoms with van der Waals surface area (Å²) >= 11 is 0. The van der Waals surface area contributed by atoms with Crippen molar-refractivity contribution in [1.29, 1.82) is 0 Å². The van der Waals surface area contributed by atoms with Crippen LogP contribution < -0.4 is 0 Å². The molecule has 3 heterocycles. The van der Waals surface area contributed by atoms with Crippen molar-refractivity contribution in [2.45, 2.75) is 57.8 Å². The van der Waals surface area contributed by atoms with Gasteiger partial charge in [-0.3, -0.25) is 19.2 Å². The zero-order chi connectivity index (χ0) is 20.2. The number of rotatable bonds is 6. The van der Waals surface area contributed by atoms with E-state index in [1.165, 1.54) is 5.56 Å². The number of hydrogen-bond donors (Lipinski definition) is 1. The smallest absolute Gasteiger partial charge is 0.303 e. The minimum atomic E-state index is -0.816. The molecule has 7 nitrogen and oxygen atoms in total. The fourth-order valence-electron chi connectivity index (χ4n) is 4.36. The van der Waals surface area contributed by atoms with Gasteiger partial charge in [0.25, 0.3) is 0 Å². The van der Waals surface area contributed by atoms with Crippen LogP contribution in [0.3, 0.4) is 0 Å². The highest BCUT2D eigenvalue weighted by atomic mass is 16.4. The number of aryl methyl sites for hydroxylation is 1. The first-order valence-electron chi connectivity index (χ1n) is 10.4. The van der Waals surface area contributed by atoms with Gasteiger partial charge < -0.3 is 10.0 Å². The maximum atomic E-state index is 13.4. The summed E-state index contributed by atoms with van der Waals surface area (Å²) in [5, 5.41) is 13.4. The summed E-state index contributed by atoms with van der Waals surface area (Å²) in [4.78, 5) is 28.4. The Morgan fingerprint density at radius 2 is 1.93 bits per heavy atom. The summed E-state index contributed by atoms with van der Waals surface area (Å²) < 4.78 is 1.92. The lowest BCUT2D eigenvalue weighted by Gasteiger charge is -2.39. The third kappa shape index (κ3) is 4.67. The average molecular weight is 396 g/mol. The number of carboxylic acid groups (broad SMARTS) is 1. The zero-order valence-corrected chi connectivity index (χ0v) is 16.7. The molecule has 2 aliphatic heterocycles. The quantitative estimate of drug-likeness (QED) is 0.811. The molecular formula is C22H28N4O3. The van der Waals surface area contributed by atoms with Crippen molar-refractivity contribution in [2.24, 2.45) is 0 Å². The molecule has 1 fully saturated rings. The van der Waals surface area contributed by atoms with Crippen LogP contribution in [0.4, 0.5) is 0 Å². The first-order valence-corrected chi connectivity index (χ1v) is 10.4. The molecule has 2 aliphatic rings. The van der Waals surface area contributed by atoms with Crippen molar-refractivity contribution in [1.82, 2.24) is 19.6 Å². The molecule has 0 radical (unpaired) electrons. The highest BCUT2D eigenvalue weighted by molar-refractivity contribution is 5.82. The Morgan fingerprint density at radius 3 is 2.72 bits per heavy atom. The van der Waals surface area contributed by atoms with Gasteiger partial charge in [-0.05, 0) is 31.0 Å². The van der Waals surface area contributed by atoms with Gasteiger partial charge in [-0.2, -0.15) is 5.10 Å². The number of benzene rings is 1. The maximum Gasteiger partial charge on any atom is 0.303 e. The summed E-state index contributed by atoms with van der Waals surface area (Å²) in [6, 6.07) is 12.2. The number of likely N-dealkylation sites (tertiary alicyclic amines) is 1. The molecule has 1 saturated heterocycles. The van der Waals surface area contributed by atoms with Crippen molar-refractivity contribution in [3.63, 3.8) is 0 Å². The second-order valence-corrected chi connectivity index (χ2v) is 7.97. The van der Waals surface area contributed by atoms with Crippen LogP contribution in [0.2, 0.25) is 0 Å².